The van der Waals surface area contributed by atoms with Crippen LogP contribution in [0.25, 0.3) is 11.4 Å². The van der Waals surface area contributed by atoms with Crippen LogP contribution < -0.4 is 0 Å². The Hall–Kier alpha value is -1.20. The molecule has 0 aliphatic carbocycles. The summed E-state index contributed by atoms with van der Waals surface area (Å²) < 4.78 is 3.01. The lowest BCUT2D eigenvalue weighted by molar-refractivity contribution is 0.262. The number of halogens is 1. The van der Waals surface area contributed by atoms with E-state index in [2.05, 4.69) is 40.0 Å². The third kappa shape index (κ3) is 2.33. The average molecular weight is 310 g/mol. The Bertz CT molecular complexity index is 563. The highest BCUT2D eigenvalue weighted by molar-refractivity contribution is 9.10. The van der Waals surface area contributed by atoms with Gasteiger partial charge >= 0.3 is 0 Å². The molecule has 0 radical (unpaired) electrons. The summed E-state index contributed by atoms with van der Waals surface area (Å²) in [6.45, 7) is 6.05. The number of aryl methyl sites for hydroxylation is 1. The summed E-state index contributed by atoms with van der Waals surface area (Å²) in [6, 6.07) is 6.26. The molecule has 0 atom stereocenters. The number of rotatable bonds is 3. The van der Waals surface area contributed by atoms with Crippen LogP contribution in [-0.4, -0.2) is 19.9 Å². The molecule has 0 unspecified atom stereocenters. The van der Waals surface area contributed by atoms with E-state index in [1.807, 2.05) is 29.7 Å². The quantitative estimate of drug-likeness (QED) is 0.948. The lowest BCUT2D eigenvalue weighted by atomic mass is 10.1. The van der Waals surface area contributed by atoms with Crippen molar-refractivity contribution in [1.82, 2.24) is 14.8 Å². The van der Waals surface area contributed by atoms with Crippen molar-refractivity contribution in [2.45, 2.75) is 33.4 Å². The van der Waals surface area contributed by atoms with Gasteiger partial charge in [-0.25, -0.2) is 0 Å². The summed E-state index contributed by atoms with van der Waals surface area (Å²) in [6.07, 6.45) is 0. The van der Waals surface area contributed by atoms with Crippen LogP contribution in [-0.2, 0) is 6.61 Å². The van der Waals surface area contributed by atoms with E-state index in [0.717, 1.165) is 21.4 Å². The van der Waals surface area contributed by atoms with Crippen LogP contribution in [0.4, 0.5) is 0 Å². The van der Waals surface area contributed by atoms with Gasteiger partial charge < -0.3 is 9.67 Å². The summed E-state index contributed by atoms with van der Waals surface area (Å²) in [5, 5.41) is 17.6. The van der Waals surface area contributed by atoms with Crippen molar-refractivity contribution in [2.75, 3.05) is 0 Å². The Kier molecular flexibility index (Phi) is 3.82. The van der Waals surface area contributed by atoms with Crippen molar-refractivity contribution in [1.29, 1.82) is 0 Å². The highest BCUT2D eigenvalue weighted by Crippen LogP contribution is 2.27. The first-order chi connectivity index (χ1) is 8.54. The van der Waals surface area contributed by atoms with Gasteiger partial charge in [-0.05, 0) is 44.5 Å². The number of aliphatic hydroxyl groups excluding tert-OH is 1. The molecule has 4 nitrogen and oxygen atoms in total. The Balaban J connectivity index is 2.60. The molecule has 1 N–H and O–H groups in total. The minimum atomic E-state index is -0.0965. The Morgan fingerprint density at radius 3 is 2.61 bits per heavy atom. The van der Waals surface area contributed by atoms with Crippen molar-refractivity contribution < 1.29 is 5.11 Å². The summed E-state index contributed by atoms with van der Waals surface area (Å²) in [5.41, 5.74) is 2.17. The molecule has 1 aromatic heterocycles. The van der Waals surface area contributed by atoms with E-state index in [9.17, 15) is 5.11 Å². The van der Waals surface area contributed by atoms with Crippen molar-refractivity contribution in [3.63, 3.8) is 0 Å². The molecule has 0 fully saturated rings. The van der Waals surface area contributed by atoms with Gasteiger partial charge in [0.05, 0.1) is 0 Å². The lowest BCUT2D eigenvalue weighted by Crippen LogP contribution is -2.08. The van der Waals surface area contributed by atoms with Crippen LogP contribution in [0, 0.1) is 6.92 Å². The molecule has 0 bridgehead atoms. The second-order valence-electron chi connectivity index (χ2n) is 4.52. The maximum Gasteiger partial charge on any atom is 0.164 e. The van der Waals surface area contributed by atoms with E-state index < -0.39 is 0 Å². The molecule has 0 saturated carbocycles. The van der Waals surface area contributed by atoms with Crippen LogP contribution in [0.2, 0.25) is 0 Å². The highest BCUT2D eigenvalue weighted by atomic mass is 79.9. The zero-order chi connectivity index (χ0) is 13.3. The van der Waals surface area contributed by atoms with Crippen LogP contribution in [0.1, 0.15) is 31.3 Å². The molecule has 96 valence electrons. The standard InChI is InChI=1S/C13H16BrN3O/c1-8(2)17-12(7-18)15-16-13(17)11-5-4-10(14)6-9(11)3/h4-6,8,18H,7H2,1-3H3. The fraction of sp³-hybridized carbons (Fsp3) is 0.385. The molecule has 0 spiro atoms. The smallest absolute Gasteiger partial charge is 0.164 e. The van der Waals surface area contributed by atoms with Crippen LogP contribution in [0.3, 0.4) is 0 Å². The zero-order valence-corrected chi connectivity index (χ0v) is 12.3. The van der Waals surface area contributed by atoms with E-state index in [-0.39, 0.29) is 12.6 Å². The van der Waals surface area contributed by atoms with E-state index in [1.165, 1.54) is 0 Å². The maximum atomic E-state index is 9.31. The van der Waals surface area contributed by atoms with Crippen LogP contribution in [0.15, 0.2) is 22.7 Å². The van der Waals surface area contributed by atoms with Gasteiger partial charge in [0.25, 0.3) is 0 Å². The number of hydrogen-bond acceptors (Lipinski definition) is 3. The first kappa shape index (κ1) is 13.2. The van der Waals surface area contributed by atoms with Crippen molar-refractivity contribution >= 4 is 15.9 Å². The third-order valence-electron chi connectivity index (χ3n) is 2.85. The predicted molar refractivity (Wildman–Crippen MR) is 74.2 cm³/mol. The third-order valence-corrected chi connectivity index (χ3v) is 3.35. The van der Waals surface area contributed by atoms with Gasteiger partial charge in [-0.1, -0.05) is 15.9 Å². The first-order valence-electron chi connectivity index (χ1n) is 5.85. The lowest BCUT2D eigenvalue weighted by Gasteiger charge is -2.14. The molecule has 1 aromatic carbocycles. The van der Waals surface area contributed by atoms with Crippen LogP contribution in [0.5, 0.6) is 0 Å². The highest BCUT2D eigenvalue weighted by Gasteiger charge is 2.16. The maximum absolute atomic E-state index is 9.31. The molecule has 1 heterocycles. The second-order valence-corrected chi connectivity index (χ2v) is 5.44. The van der Waals surface area contributed by atoms with Crippen LogP contribution >= 0.6 is 15.9 Å². The second kappa shape index (κ2) is 5.20. The molecule has 0 aliphatic heterocycles. The van der Waals surface area contributed by atoms with Gasteiger partial charge in [0.1, 0.15) is 6.61 Å². The van der Waals surface area contributed by atoms with E-state index >= 15 is 0 Å². The normalized spacial score (nSPS) is 11.2. The van der Waals surface area contributed by atoms with Gasteiger partial charge in [-0.15, -0.1) is 10.2 Å². The van der Waals surface area contributed by atoms with E-state index in [0.29, 0.717) is 5.82 Å². The molecular formula is C13H16BrN3O. The molecule has 2 rings (SSSR count). The average Bonchev–Trinajstić information content (AvgIpc) is 2.72. The molecule has 0 amide bonds. The van der Waals surface area contributed by atoms with Gasteiger partial charge in [-0.2, -0.15) is 0 Å². The largest absolute Gasteiger partial charge is 0.388 e. The summed E-state index contributed by atoms with van der Waals surface area (Å²) in [7, 11) is 0. The SMILES string of the molecule is Cc1cc(Br)ccc1-c1nnc(CO)n1C(C)C. The Labute approximate surface area is 115 Å². The molecule has 0 saturated heterocycles. The van der Waals surface area contributed by atoms with Gasteiger partial charge in [0.15, 0.2) is 11.6 Å². The first-order valence-corrected chi connectivity index (χ1v) is 6.65. The monoisotopic (exact) mass is 309 g/mol. The Morgan fingerprint density at radius 2 is 2.06 bits per heavy atom. The van der Waals surface area contributed by atoms with Gasteiger partial charge in [0, 0.05) is 16.1 Å². The number of benzene rings is 1. The number of hydrogen-bond donors (Lipinski definition) is 1. The summed E-state index contributed by atoms with van der Waals surface area (Å²) in [5.74, 6) is 1.40. The van der Waals surface area contributed by atoms with E-state index in [4.69, 9.17) is 0 Å². The predicted octanol–water partition coefficient (Wildman–Crippen LogP) is 3.09. The topological polar surface area (TPSA) is 50.9 Å². The summed E-state index contributed by atoms with van der Waals surface area (Å²) in [4.78, 5) is 0. The molecule has 5 heteroatoms. The molecule has 2 aromatic rings. The molecule has 18 heavy (non-hydrogen) atoms. The van der Waals surface area contributed by atoms with Crippen molar-refractivity contribution in [3.05, 3.63) is 34.1 Å². The fourth-order valence-corrected chi connectivity index (χ4v) is 2.51. The minimum Gasteiger partial charge on any atom is -0.388 e. The van der Waals surface area contributed by atoms with E-state index in [1.54, 1.807) is 0 Å². The van der Waals surface area contributed by atoms with Gasteiger partial charge in [0.2, 0.25) is 0 Å². The zero-order valence-electron chi connectivity index (χ0n) is 10.7. The number of aromatic nitrogens is 3. The van der Waals surface area contributed by atoms with Crippen molar-refractivity contribution in [2.24, 2.45) is 0 Å². The molecule has 0 aliphatic rings. The minimum absolute atomic E-state index is 0.0965. The summed E-state index contributed by atoms with van der Waals surface area (Å²) >= 11 is 3.45. The van der Waals surface area contributed by atoms with Gasteiger partial charge in [-0.3, -0.25) is 0 Å². The van der Waals surface area contributed by atoms with Crippen molar-refractivity contribution in [3.8, 4) is 11.4 Å². The number of aliphatic hydroxyl groups is 1. The Morgan fingerprint density at radius 1 is 1.33 bits per heavy atom. The molecular weight excluding hydrogens is 294 g/mol. The fourth-order valence-electron chi connectivity index (χ4n) is 2.04. The number of nitrogens with zero attached hydrogens (tertiary/aromatic N) is 3.